The van der Waals surface area contributed by atoms with Crippen LogP contribution < -0.4 is 19.5 Å². The molecule has 0 aromatic heterocycles. The Morgan fingerprint density at radius 1 is 1.31 bits per heavy atom. The number of methoxy groups -OCH3 is 1. The van der Waals surface area contributed by atoms with E-state index in [9.17, 15) is 9.00 Å². The van der Waals surface area contributed by atoms with Gasteiger partial charge in [0.1, 0.15) is 12.1 Å². The molecular weight excluding hydrogens is 352 g/mol. The van der Waals surface area contributed by atoms with E-state index in [2.05, 4.69) is 22.5 Å². The third kappa shape index (κ3) is 7.49. The summed E-state index contributed by atoms with van der Waals surface area (Å²) < 4.78 is 25.5. The molecule has 1 aromatic carbocycles. The Hall–Kier alpha value is -1.99. The van der Waals surface area contributed by atoms with Gasteiger partial charge in [-0.1, -0.05) is 12.6 Å². The van der Waals surface area contributed by atoms with Crippen LogP contribution in [0.1, 0.15) is 26.3 Å². The van der Waals surface area contributed by atoms with Crippen LogP contribution in [0.15, 0.2) is 30.4 Å². The van der Waals surface area contributed by atoms with Crippen LogP contribution in [0.3, 0.4) is 0 Å². The highest BCUT2D eigenvalue weighted by atomic mass is 32.2. The average Bonchev–Trinajstić information content (AvgIpc) is 2.50. The summed E-state index contributed by atoms with van der Waals surface area (Å²) in [7, 11) is -0.890. The Morgan fingerprint density at radius 2 is 1.96 bits per heavy atom. The summed E-state index contributed by atoms with van der Waals surface area (Å²) in [5.41, 5.74) is 0.964. The SMILES string of the molecule is C=C(C)COc1ccc(CCNC(=O)C(C)(C)NS(=C)(C)=O)cc1OC. The van der Waals surface area contributed by atoms with Gasteiger partial charge in [-0.2, -0.15) is 0 Å². The Balaban J connectivity index is 2.65. The van der Waals surface area contributed by atoms with E-state index < -0.39 is 15.2 Å². The third-order valence-corrected chi connectivity index (χ3v) is 4.38. The van der Waals surface area contributed by atoms with Gasteiger partial charge in [-0.05, 0) is 56.3 Å². The Bertz CT molecular complexity index is 755. The van der Waals surface area contributed by atoms with Crippen molar-refractivity contribution in [3.8, 4) is 11.5 Å². The number of carbonyl (C=O) groups is 1. The number of nitrogens with one attached hydrogen (secondary N) is 2. The van der Waals surface area contributed by atoms with Gasteiger partial charge < -0.3 is 14.8 Å². The minimum absolute atomic E-state index is 0.232. The summed E-state index contributed by atoms with van der Waals surface area (Å²) in [5.74, 6) is 4.59. The number of amides is 1. The lowest BCUT2D eigenvalue weighted by Crippen LogP contribution is -2.54. The summed E-state index contributed by atoms with van der Waals surface area (Å²) in [6.45, 7) is 9.93. The summed E-state index contributed by atoms with van der Waals surface area (Å²) >= 11 is 0. The zero-order valence-corrected chi connectivity index (χ0v) is 17.1. The van der Waals surface area contributed by atoms with Gasteiger partial charge in [0.25, 0.3) is 0 Å². The fourth-order valence-electron chi connectivity index (χ4n) is 2.32. The van der Waals surface area contributed by atoms with Crippen molar-refractivity contribution in [2.45, 2.75) is 32.7 Å². The second-order valence-electron chi connectivity index (χ2n) is 6.97. The molecule has 0 aliphatic rings. The lowest BCUT2D eigenvalue weighted by atomic mass is 10.1. The van der Waals surface area contributed by atoms with E-state index in [1.165, 1.54) is 6.26 Å². The summed E-state index contributed by atoms with van der Waals surface area (Å²) in [5, 5.41) is 2.85. The quantitative estimate of drug-likeness (QED) is 0.479. The highest BCUT2D eigenvalue weighted by molar-refractivity contribution is 7.97. The number of carbonyl (C=O) groups excluding carboxylic acids is 1. The van der Waals surface area contributed by atoms with Crippen molar-refractivity contribution in [2.24, 2.45) is 0 Å². The van der Waals surface area contributed by atoms with Gasteiger partial charge in [-0.25, -0.2) is 4.72 Å². The fourth-order valence-corrected chi connectivity index (χ4v) is 3.49. The minimum Gasteiger partial charge on any atom is -0.493 e. The normalized spacial score (nSPS) is 13.6. The second-order valence-corrected chi connectivity index (χ2v) is 9.18. The smallest absolute Gasteiger partial charge is 0.240 e. The van der Waals surface area contributed by atoms with Gasteiger partial charge in [-0.15, -0.1) is 0 Å². The molecule has 0 fully saturated rings. The molecule has 0 spiro atoms. The van der Waals surface area contributed by atoms with Crippen molar-refractivity contribution in [1.82, 2.24) is 10.0 Å². The van der Waals surface area contributed by atoms with Crippen LogP contribution in [-0.2, 0) is 20.9 Å². The van der Waals surface area contributed by atoms with Gasteiger partial charge >= 0.3 is 0 Å². The third-order valence-electron chi connectivity index (χ3n) is 3.44. The predicted molar refractivity (Wildman–Crippen MR) is 108 cm³/mol. The van der Waals surface area contributed by atoms with Gasteiger partial charge in [0.2, 0.25) is 5.91 Å². The van der Waals surface area contributed by atoms with Gasteiger partial charge in [0.15, 0.2) is 11.5 Å². The summed E-state index contributed by atoms with van der Waals surface area (Å²) in [6.07, 6.45) is 2.09. The van der Waals surface area contributed by atoms with Crippen molar-refractivity contribution in [2.75, 3.05) is 26.5 Å². The van der Waals surface area contributed by atoms with Crippen molar-refractivity contribution >= 4 is 21.5 Å². The first-order valence-electron chi connectivity index (χ1n) is 8.28. The van der Waals surface area contributed by atoms with E-state index >= 15 is 0 Å². The lowest BCUT2D eigenvalue weighted by Gasteiger charge is -2.25. The van der Waals surface area contributed by atoms with Crippen molar-refractivity contribution < 1.29 is 18.5 Å². The molecular formula is C19H30N2O4S. The highest BCUT2D eigenvalue weighted by Gasteiger charge is 2.28. The fraction of sp³-hybridized carbons (Fsp3) is 0.474. The second kappa shape index (κ2) is 9.09. The molecule has 6 nitrogen and oxygen atoms in total. The molecule has 0 heterocycles. The summed E-state index contributed by atoms with van der Waals surface area (Å²) in [6, 6.07) is 5.66. The molecule has 0 aliphatic carbocycles. The molecule has 7 heteroatoms. The predicted octanol–water partition coefficient (Wildman–Crippen LogP) is 1.94. The maximum absolute atomic E-state index is 12.3. The molecule has 2 N–H and O–H groups in total. The number of ether oxygens (including phenoxy) is 2. The molecule has 1 atom stereocenters. The van der Waals surface area contributed by atoms with E-state index in [-0.39, 0.29) is 5.91 Å². The number of rotatable bonds is 10. The maximum atomic E-state index is 12.3. The number of hydrogen-bond acceptors (Lipinski definition) is 4. The zero-order chi connectivity index (χ0) is 20.0. The first-order chi connectivity index (χ1) is 11.9. The molecule has 0 radical (unpaired) electrons. The number of benzene rings is 1. The van der Waals surface area contributed by atoms with Crippen LogP contribution in [0.2, 0.25) is 0 Å². The summed E-state index contributed by atoms with van der Waals surface area (Å²) in [4.78, 5) is 12.3. The molecule has 0 saturated carbocycles. The molecule has 1 unspecified atom stereocenters. The van der Waals surface area contributed by atoms with E-state index in [0.29, 0.717) is 31.1 Å². The molecule has 0 aliphatic heterocycles. The monoisotopic (exact) mass is 382 g/mol. The Kier molecular flexibility index (Phi) is 7.71. The van der Waals surface area contributed by atoms with Crippen molar-refractivity contribution in [3.05, 3.63) is 35.9 Å². The van der Waals surface area contributed by atoms with Crippen LogP contribution >= 0.6 is 0 Å². The van der Waals surface area contributed by atoms with Crippen molar-refractivity contribution in [3.63, 3.8) is 0 Å². The molecule has 26 heavy (non-hydrogen) atoms. The van der Waals surface area contributed by atoms with Crippen LogP contribution in [0.25, 0.3) is 0 Å². The van der Waals surface area contributed by atoms with E-state index in [0.717, 1.165) is 11.1 Å². The van der Waals surface area contributed by atoms with E-state index in [1.807, 2.05) is 25.1 Å². The van der Waals surface area contributed by atoms with E-state index in [4.69, 9.17) is 9.47 Å². The first-order valence-corrected chi connectivity index (χ1v) is 10.4. The Labute approximate surface area is 157 Å². The van der Waals surface area contributed by atoms with Crippen LogP contribution in [0.4, 0.5) is 0 Å². The zero-order valence-electron chi connectivity index (χ0n) is 16.3. The highest BCUT2D eigenvalue weighted by Crippen LogP contribution is 2.28. The van der Waals surface area contributed by atoms with Crippen LogP contribution in [-0.4, -0.2) is 48.0 Å². The Morgan fingerprint density at radius 3 is 2.50 bits per heavy atom. The molecule has 0 bridgehead atoms. The number of hydrogen-bond donors (Lipinski definition) is 2. The molecule has 1 aromatic rings. The molecule has 146 valence electrons. The maximum Gasteiger partial charge on any atom is 0.240 e. The standard InChI is InChI=1S/C19H30N2O4S/c1-14(2)13-25-16-9-8-15(12-17(16)24-5)10-11-20-18(22)19(3,4)21-26(6,7)23/h8-9,12H,1,6,10-11,13H2,2-5,7H3,(H,20,22)(H,21,23). The minimum atomic E-state index is -2.48. The van der Waals surface area contributed by atoms with Crippen LogP contribution in [0, 0.1) is 0 Å². The first kappa shape index (κ1) is 22.1. The van der Waals surface area contributed by atoms with Crippen molar-refractivity contribution in [1.29, 1.82) is 0 Å². The lowest BCUT2D eigenvalue weighted by molar-refractivity contribution is -0.125. The molecule has 1 rings (SSSR count). The topological polar surface area (TPSA) is 76.7 Å². The van der Waals surface area contributed by atoms with Gasteiger partial charge in [-0.3, -0.25) is 9.00 Å². The largest absolute Gasteiger partial charge is 0.493 e. The van der Waals surface area contributed by atoms with Gasteiger partial charge in [0.05, 0.1) is 7.11 Å². The van der Waals surface area contributed by atoms with Gasteiger partial charge in [0, 0.05) is 22.5 Å². The molecule has 1 amide bonds. The average molecular weight is 383 g/mol. The van der Waals surface area contributed by atoms with Crippen LogP contribution in [0.5, 0.6) is 11.5 Å². The molecule has 0 saturated heterocycles. The van der Waals surface area contributed by atoms with E-state index in [1.54, 1.807) is 21.0 Å².